The van der Waals surface area contributed by atoms with Crippen LogP contribution in [-0.4, -0.2) is 26.4 Å². The Morgan fingerprint density at radius 3 is 2.43 bits per heavy atom. The second-order valence-electron chi connectivity index (χ2n) is 6.11. The fourth-order valence-corrected chi connectivity index (χ4v) is 2.85. The summed E-state index contributed by atoms with van der Waals surface area (Å²) < 4.78 is 0.919. The molecule has 154 valence electrons. The van der Waals surface area contributed by atoms with Crippen molar-refractivity contribution in [3.05, 3.63) is 86.0 Å². The van der Waals surface area contributed by atoms with Crippen molar-refractivity contribution in [3.63, 3.8) is 0 Å². The number of nitrogens with one attached hydrogen (secondary N) is 3. The van der Waals surface area contributed by atoms with E-state index in [4.69, 9.17) is 11.6 Å². The number of nitrogens with zero attached hydrogens (tertiary/aromatic N) is 2. The molecule has 0 radical (unpaired) electrons. The quantitative estimate of drug-likeness (QED) is 0.368. The summed E-state index contributed by atoms with van der Waals surface area (Å²) in [6.45, 7) is 1.69. The molecule has 0 bridgehead atoms. The number of halogens is 1. The molecule has 9 nitrogen and oxygen atoms in total. The Morgan fingerprint density at radius 1 is 1.13 bits per heavy atom. The Hall–Kier alpha value is -3.85. The minimum atomic E-state index is -0.825. The molecule has 2 aromatic carbocycles. The molecule has 0 aliphatic rings. The van der Waals surface area contributed by atoms with Gasteiger partial charge >= 0.3 is 11.7 Å². The van der Waals surface area contributed by atoms with Crippen LogP contribution < -0.4 is 22.0 Å². The number of para-hydroxylation sites is 1. The van der Waals surface area contributed by atoms with Crippen LogP contribution in [0.2, 0.25) is 5.02 Å². The van der Waals surface area contributed by atoms with Crippen molar-refractivity contribution in [2.75, 3.05) is 5.32 Å². The average molecular weight is 428 g/mol. The molecular formula is C20H18ClN5O4. The van der Waals surface area contributed by atoms with Crippen LogP contribution >= 0.6 is 11.6 Å². The van der Waals surface area contributed by atoms with Gasteiger partial charge in [0, 0.05) is 10.7 Å². The first-order valence-electron chi connectivity index (χ1n) is 8.94. The maximum absolute atomic E-state index is 12.4. The summed E-state index contributed by atoms with van der Waals surface area (Å²) in [5.74, 6) is -0.600. The van der Waals surface area contributed by atoms with Crippen LogP contribution in [0.5, 0.6) is 5.88 Å². The molecule has 0 atom stereocenters. The molecule has 0 saturated heterocycles. The van der Waals surface area contributed by atoms with Crippen molar-refractivity contribution >= 4 is 29.0 Å². The van der Waals surface area contributed by atoms with Crippen molar-refractivity contribution in [2.24, 2.45) is 5.10 Å². The van der Waals surface area contributed by atoms with E-state index in [0.717, 1.165) is 4.57 Å². The van der Waals surface area contributed by atoms with Gasteiger partial charge in [0.25, 0.3) is 5.56 Å². The third kappa shape index (κ3) is 4.58. The second-order valence-corrected chi connectivity index (χ2v) is 6.55. The van der Waals surface area contributed by atoms with Crippen LogP contribution in [0.15, 0.2) is 69.3 Å². The van der Waals surface area contributed by atoms with Crippen molar-refractivity contribution in [2.45, 2.75) is 13.3 Å². The molecule has 0 aliphatic heterocycles. The van der Waals surface area contributed by atoms with Crippen LogP contribution in [0.4, 0.5) is 10.5 Å². The van der Waals surface area contributed by atoms with E-state index >= 15 is 0 Å². The lowest BCUT2D eigenvalue weighted by molar-refractivity contribution is 0.252. The van der Waals surface area contributed by atoms with Crippen molar-refractivity contribution < 1.29 is 9.90 Å². The van der Waals surface area contributed by atoms with Crippen LogP contribution in [0, 0.1) is 0 Å². The highest BCUT2D eigenvalue weighted by Gasteiger charge is 2.20. The highest BCUT2D eigenvalue weighted by atomic mass is 35.5. The average Bonchev–Trinajstić information content (AvgIpc) is 2.72. The van der Waals surface area contributed by atoms with Gasteiger partial charge in [-0.25, -0.2) is 19.6 Å². The van der Waals surface area contributed by atoms with E-state index in [1.807, 2.05) is 0 Å². The number of hydrogen-bond donors (Lipinski definition) is 4. The van der Waals surface area contributed by atoms with E-state index in [1.165, 1.54) is 24.3 Å². The van der Waals surface area contributed by atoms with Gasteiger partial charge in [0.05, 0.1) is 11.4 Å². The third-order valence-corrected chi connectivity index (χ3v) is 4.37. The summed E-state index contributed by atoms with van der Waals surface area (Å²) in [5.41, 5.74) is 1.34. The largest absolute Gasteiger partial charge is 0.493 e. The van der Waals surface area contributed by atoms with Gasteiger partial charge in [-0.3, -0.25) is 9.78 Å². The number of urea groups is 1. The van der Waals surface area contributed by atoms with E-state index in [1.54, 1.807) is 37.3 Å². The molecule has 0 aliphatic carbocycles. The van der Waals surface area contributed by atoms with Crippen molar-refractivity contribution in [3.8, 4) is 11.6 Å². The van der Waals surface area contributed by atoms with E-state index in [9.17, 15) is 19.5 Å². The Kier molecular flexibility index (Phi) is 6.33. The number of H-pyrrole nitrogens is 1. The van der Waals surface area contributed by atoms with Crippen LogP contribution in [0.25, 0.3) is 5.69 Å². The lowest BCUT2D eigenvalue weighted by Crippen LogP contribution is -2.34. The molecule has 1 aromatic heterocycles. The number of hydrogen-bond acceptors (Lipinski definition) is 5. The molecule has 0 spiro atoms. The van der Waals surface area contributed by atoms with Crippen molar-refractivity contribution in [1.29, 1.82) is 0 Å². The van der Waals surface area contributed by atoms with Gasteiger partial charge in [0.15, 0.2) is 0 Å². The third-order valence-electron chi connectivity index (χ3n) is 4.12. The van der Waals surface area contributed by atoms with Gasteiger partial charge in [-0.2, -0.15) is 5.10 Å². The summed E-state index contributed by atoms with van der Waals surface area (Å²) in [7, 11) is 0. The molecule has 10 heteroatoms. The van der Waals surface area contributed by atoms with Crippen LogP contribution in [0.1, 0.15) is 18.9 Å². The molecule has 2 amide bonds. The maximum atomic E-state index is 12.4. The Morgan fingerprint density at radius 2 is 1.80 bits per heavy atom. The zero-order valence-corrected chi connectivity index (χ0v) is 16.6. The van der Waals surface area contributed by atoms with Crippen LogP contribution in [-0.2, 0) is 0 Å². The molecular weight excluding hydrogens is 410 g/mol. The Bertz CT molecular complexity index is 1200. The molecule has 30 heavy (non-hydrogen) atoms. The summed E-state index contributed by atoms with van der Waals surface area (Å²) >= 11 is 5.86. The number of rotatable bonds is 5. The predicted molar refractivity (Wildman–Crippen MR) is 115 cm³/mol. The molecule has 3 aromatic rings. The predicted octanol–water partition coefficient (Wildman–Crippen LogP) is 2.82. The van der Waals surface area contributed by atoms with Gasteiger partial charge in [-0.05, 0) is 42.8 Å². The Labute approximate surface area is 175 Å². The van der Waals surface area contributed by atoms with Gasteiger partial charge in [-0.15, -0.1) is 0 Å². The number of benzene rings is 2. The topological polar surface area (TPSA) is 129 Å². The molecule has 4 N–H and O–H groups in total. The number of aromatic nitrogens is 2. The van der Waals surface area contributed by atoms with E-state index in [-0.39, 0.29) is 17.7 Å². The first kappa shape index (κ1) is 20.9. The first-order chi connectivity index (χ1) is 14.4. The fourth-order valence-electron chi connectivity index (χ4n) is 2.73. The van der Waals surface area contributed by atoms with Gasteiger partial charge in [-0.1, -0.05) is 36.7 Å². The van der Waals surface area contributed by atoms with E-state index in [2.05, 4.69) is 20.8 Å². The molecule has 0 fully saturated rings. The summed E-state index contributed by atoms with van der Waals surface area (Å²) in [5, 5.41) is 17.6. The normalized spacial score (nSPS) is 11.2. The SMILES string of the molecule is CC/C(=N\NC(=O)Nc1ccccc1)c1c(O)n(-c2ccc(Cl)cc2)c(=O)[nH]c1=O. The maximum Gasteiger partial charge on any atom is 0.339 e. The zero-order valence-electron chi connectivity index (χ0n) is 15.8. The smallest absolute Gasteiger partial charge is 0.339 e. The standard InChI is InChI=1S/C20H18ClN5O4/c1-2-15(24-25-19(29)22-13-6-4-3-5-7-13)16-17(27)23-20(30)26(18(16)28)14-10-8-12(21)9-11-14/h3-11,28H,2H2,1H3,(H2,22,25,29)(H,23,27,30)/b24-15+. The lowest BCUT2D eigenvalue weighted by Gasteiger charge is -2.12. The molecule has 1 heterocycles. The highest BCUT2D eigenvalue weighted by Crippen LogP contribution is 2.19. The number of aromatic hydroxyl groups is 1. The number of carbonyl (C=O) groups is 1. The van der Waals surface area contributed by atoms with E-state index < -0.39 is 23.2 Å². The van der Waals surface area contributed by atoms with Gasteiger partial charge in [0.1, 0.15) is 5.56 Å². The molecule has 0 saturated carbocycles. The molecule has 3 rings (SSSR count). The number of carbonyl (C=O) groups excluding carboxylic acids is 1. The number of anilines is 1. The second kappa shape index (κ2) is 9.10. The van der Waals surface area contributed by atoms with E-state index in [0.29, 0.717) is 16.4 Å². The molecule has 0 unspecified atom stereocenters. The minimum Gasteiger partial charge on any atom is -0.493 e. The number of amides is 2. The highest BCUT2D eigenvalue weighted by molar-refractivity contribution is 6.30. The van der Waals surface area contributed by atoms with Crippen LogP contribution in [0.3, 0.4) is 0 Å². The van der Waals surface area contributed by atoms with Gasteiger partial charge < -0.3 is 10.4 Å². The number of hydrazone groups is 1. The lowest BCUT2D eigenvalue weighted by atomic mass is 10.1. The first-order valence-corrected chi connectivity index (χ1v) is 9.31. The summed E-state index contributed by atoms with van der Waals surface area (Å²) in [6.07, 6.45) is 0.196. The summed E-state index contributed by atoms with van der Waals surface area (Å²) in [6, 6.07) is 14.2. The minimum absolute atomic E-state index is 0.0830. The van der Waals surface area contributed by atoms with Crippen molar-refractivity contribution in [1.82, 2.24) is 15.0 Å². The Balaban J connectivity index is 1.96. The summed E-state index contributed by atoms with van der Waals surface area (Å²) in [4.78, 5) is 38.9. The van der Waals surface area contributed by atoms with Gasteiger partial charge in [0.2, 0.25) is 5.88 Å². The zero-order chi connectivity index (χ0) is 21.7. The monoisotopic (exact) mass is 427 g/mol. The number of aromatic amines is 1. The fraction of sp³-hybridized carbons (Fsp3) is 0.100.